The van der Waals surface area contributed by atoms with Gasteiger partial charge in [0.2, 0.25) is 5.95 Å². The Morgan fingerprint density at radius 1 is 1.50 bits per heavy atom. The summed E-state index contributed by atoms with van der Waals surface area (Å²) in [6.45, 7) is 3.35. The van der Waals surface area contributed by atoms with Crippen LogP contribution in [0.15, 0.2) is 24.8 Å². The largest absolute Gasteiger partial charge is 0.319 e. The molecule has 0 aliphatic rings. The molecule has 64 valence electrons. The molecule has 0 aromatic carbocycles. The second kappa shape index (κ2) is 3.40. The molecule has 2 N–H and O–H groups in total. The van der Waals surface area contributed by atoms with E-state index in [1.54, 1.807) is 0 Å². The molecule has 0 spiro atoms. The predicted molar refractivity (Wildman–Crippen MR) is 41.3 cm³/mol. The molecule has 1 aromatic rings. The van der Waals surface area contributed by atoms with Gasteiger partial charge in [-0.2, -0.15) is 4.39 Å². The molecular weight excluding hydrogens is 162 g/mol. The van der Waals surface area contributed by atoms with Crippen LogP contribution in [0.1, 0.15) is 11.7 Å². The summed E-state index contributed by atoms with van der Waals surface area (Å²) >= 11 is 0. The maximum atomic E-state index is 12.9. The fourth-order valence-electron chi connectivity index (χ4n) is 0.778. The van der Waals surface area contributed by atoms with Crippen molar-refractivity contribution in [2.75, 3.05) is 0 Å². The lowest BCUT2D eigenvalue weighted by atomic mass is 10.2. The number of rotatable bonds is 2. The van der Waals surface area contributed by atoms with Gasteiger partial charge in [0, 0.05) is 0 Å². The normalized spacial score (nSPS) is 12.6. The lowest BCUT2D eigenvalue weighted by Gasteiger charge is -2.05. The van der Waals surface area contributed by atoms with E-state index in [0.29, 0.717) is 0 Å². The second-order valence-electron chi connectivity index (χ2n) is 2.26. The average molecular weight is 170 g/mol. The molecule has 1 heterocycles. The Morgan fingerprint density at radius 3 is 2.75 bits per heavy atom. The molecule has 0 saturated carbocycles. The lowest BCUT2D eigenvalue weighted by molar-refractivity contribution is 0.535. The Balaban J connectivity index is 3.12. The van der Waals surface area contributed by atoms with E-state index < -0.39 is 17.8 Å². The van der Waals surface area contributed by atoms with E-state index in [1.807, 2.05) is 0 Å². The monoisotopic (exact) mass is 170 g/mol. The molecule has 0 saturated heterocycles. The van der Waals surface area contributed by atoms with Gasteiger partial charge in [-0.15, -0.1) is 6.58 Å². The van der Waals surface area contributed by atoms with Crippen molar-refractivity contribution in [3.05, 3.63) is 42.2 Å². The molecule has 1 rings (SSSR count). The third-order valence-electron chi connectivity index (χ3n) is 1.41. The Morgan fingerprint density at radius 2 is 2.17 bits per heavy atom. The van der Waals surface area contributed by atoms with Crippen molar-refractivity contribution in [1.29, 1.82) is 0 Å². The summed E-state index contributed by atoms with van der Waals surface area (Å²) in [7, 11) is 0. The van der Waals surface area contributed by atoms with Gasteiger partial charge in [0.1, 0.15) is 5.82 Å². The van der Waals surface area contributed by atoms with Gasteiger partial charge < -0.3 is 5.73 Å². The highest BCUT2D eigenvalue weighted by molar-refractivity contribution is 5.15. The zero-order chi connectivity index (χ0) is 9.14. The van der Waals surface area contributed by atoms with Crippen LogP contribution >= 0.6 is 0 Å². The summed E-state index contributed by atoms with van der Waals surface area (Å²) in [6.07, 6.45) is 1.30. The minimum Gasteiger partial charge on any atom is -0.319 e. The van der Waals surface area contributed by atoms with Gasteiger partial charge >= 0.3 is 0 Å². The number of aromatic nitrogens is 1. The summed E-state index contributed by atoms with van der Waals surface area (Å²) in [5, 5.41) is 0. The molecule has 0 aliphatic carbocycles. The predicted octanol–water partition coefficient (Wildman–Crippen LogP) is 1.55. The van der Waals surface area contributed by atoms with Gasteiger partial charge in [-0.25, -0.2) is 9.37 Å². The van der Waals surface area contributed by atoms with Gasteiger partial charge in [-0.3, -0.25) is 0 Å². The van der Waals surface area contributed by atoms with E-state index in [-0.39, 0.29) is 5.69 Å². The molecule has 0 bridgehead atoms. The van der Waals surface area contributed by atoms with Crippen LogP contribution in [0.3, 0.4) is 0 Å². The first-order valence-electron chi connectivity index (χ1n) is 3.35. The van der Waals surface area contributed by atoms with Crippen molar-refractivity contribution in [2.24, 2.45) is 5.73 Å². The van der Waals surface area contributed by atoms with E-state index in [2.05, 4.69) is 11.6 Å². The quantitative estimate of drug-likeness (QED) is 0.540. The number of halogens is 2. The van der Waals surface area contributed by atoms with Crippen LogP contribution in [0.4, 0.5) is 8.78 Å². The lowest BCUT2D eigenvalue weighted by Crippen LogP contribution is -2.11. The van der Waals surface area contributed by atoms with Crippen molar-refractivity contribution in [2.45, 2.75) is 6.04 Å². The van der Waals surface area contributed by atoms with E-state index in [9.17, 15) is 8.78 Å². The summed E-state index contributed by atoms with van der Waals surface area (Å²) in [5.74, 6) is -1.37. The van der Waals surface area contributed by atoms with Crippen LogP contribution < -0.4 is 5.73 Å². The van der Waals surface area contributed by atoms with E-state index >= 15 is 0 Å². The van der Waals surface area contributed by atoms with E-state index in [0.717, 1.165) is 12.1 Å². The molecular formula is C8H8F2N2. The second-order valence-corrected chi connectivity index (χ2v) is 2.26. The fraction of sp³-hybridized carbons (Fsp3) is 0.125. The first kappa shape index (κ1) is 8.80. The summed E-state index contributed by atoms with van der Waals surface area (Å²) < 4.78 is 25.3. The molecule has 1 atom stereocenters. The molecule has 2 nitrogen and oxygen atoms in total. The number of hydrogen-bond acceptors (Lipinski definition) is 2. The zero-order valence-corrected chi connectivity index (χ0v) is 6.30. The van der Waals surface area contributed by atoms with Crippen LogP contribution in [0, 0.1) is 11.8 Å². The van der Waals surface area contributed by atoms with Crippen molar-refractivity contribution >= 4 is 0 Å². The topological polar surface area (TPSA) is 38.9 Å². The highest BCUT2D eigenvalue weighted by atomic mass is 19.1. The molecule has 4 heteroatoms. The third-order valence-corrected chi connectivity index (χ3v) is 1.41. The smallest absolute Gasteiger partial charge is 0.213 e. The van der Waals surface area contributed by atoms with E-state index in [1.165, 1.54) is 6.08 Å². The van der Waals surface area contributed by atoms with Crippen LogP contribution in [0.5, 0.6) is 0 Å². The molecule has 1 aromatic heterocycles. The van der Waals surface area contributed by atoms with Gasteiger partial charge in [0.25, 0.3) is 0 Å². The molecule has 0 amide bonds. The number of nitrogens with two attached hydrogens (primary N) is 1. The fourth-order valence-corrected chi connectivity index (χ4v) is 0.778. The average Bonchev–Trinajstić information content (AvgIpc) is 2.08. The standard InChI is InChI=1S/C8H8F2N2/c1-2-6(11)8-5(9)3-4-7(10)12-8/h2-4,6H,1,11H2/t6-/m1/s1. The Bertz CT molecular complexity index is 299. The van der Waals surface area contributed by atoms with Crippen molar-refractivity contribution in [3.63, 3.8) is 0 Å². The first-order valence-corrected chi connectivity index (χ1v) is 3.35. The Hall–Kier alpha value is -1.29. The van der Waals surface area contributed by atoms with Gasteiger partial charge in [-0.1, -0.05) is 6.08 Å². The Labute approximate surface area is 68.7 Å². The number of nitrogens with zero attached hydrogens (tertiary/aromatic N) is 1. The zero-order valence-electron chi connectivity index (χ0n) is 6.30. The van der Waals surface area contributed by atoms with Gasteiger partial charge in [0.15, 0.2) is 0 Å². The van der Waals surface area contributed by atoms with Crippen molar-refractivity contribution < 1.29 is 8.78 Å². The maximum absolute atomic E-state index is 12.9. The highest BCUT2D eigenvalue weighted by Gasteiger charge is 2.10. The van der Waals surface area contributed by atoms with Crippen LogP contribution in [0.2, 0.25) is 0 Å². The summed E-state index contributed by atoms with van der Waals surface area (Å²) in [5.41, 5.74) is 5.26. The minimum absolute atomic E-state index is 0.120. The number of pyridine rings is 1. The van der Waals surface area contributed by atoms with E-state index in [4.69, 9.17) is 5.73 Å². The Kier molecular flexibility index (Phi) is 2.50. The molecule has 0 aliphatic heterocycles. The van der Waals surface area contributed by atoms with Crippen molar-refractivity contribution in [3.8, 4) is 0 Å². The molecule has 0 unspecified atom stereocenters. The van der Waals surface area contributed by atoms with Crippen LogP contribution in [-0.4, -0.2) is 4.98 Å². The van der Waals surface area contributed by atoms with Crippen LogP contribution in [-0.2, 0) is 0 Å². The highest BCUT2D eigenvalue weighted by Crippen LogP contribution is 2.12. The minimum atomic E-state index is -0.763. The SMILES string of the molecule is C=C[C@@H](N)c1nc(F)ccc1F. The van der Waals surface area contributed by atoms with Gasteiger partial charge in [-0.05, 0) is 12.1 Å². The summed E-state index contributed by atoms with van der Waals surface area (Å²) in [4.78, 5) is 3.31. The summed E-state index contributed by atoms with van der Waals surface area (Å²) in [6, 6.07) is 1.16. The molecule has 12 heavy (non-hydrogen) atoms. The first-order chi connectivity index (χ1) is 5.65. The van der Waals surface area contributed by atoms with Gasteiger partial charge in [0.05, 0.1) is 11.7 Å². The molecule has 0 fully saturated rings. The number of hydrogen-bond donors (Lipinski definition) is 1. The molecule has 0 radical (unpaired) electrons. The van der Waals surface area contributed by atoms with Crippen LogP contribution in [0.25, 0.3) is 0 Å². The maximum Gasteiger partial charge on any atom is 0.213 e. The third kappa shape index (κ3) is 1.65. The van der Waals surface area contributed by atoms with Crippen molar-refractivity contribution in [1.82, 2.24) is 4.98 Å².